The molecule has 1 amide bonds. The fourth-order valence-electron chi connectivity index (χ4n) is 1.64. The van der Waals surface area contributed by atoms with Crippen molar-refractivity contribution in [1.29, 1.82) is 0 Å². The minimum atomic E-state index is -3.53. The Morgan fingerprint density at radius 1 is 1.30 bits per heavy atom. The third kappa shape index (κ3) is 6.65. The average Bonchev–Trinajstić information content (AvgIpc) is 2.36. The molecule has 0 fully saturated rings. The molecule has 1 rings (SSSR count). The average molecular weight is 299 g/mol. The molecule has 0 aliphatic heterocycles. The SMILES string of the molecule is CC(CN)CCC(=O)Nc1ccc(CS(N)(=O)=O)cc1. The summed E-state index contributed by atoms with van der Waals surface area (Å²) in [6, 6.07) is 6.57. The minimum absolute atomic E-state index is 0.0792. The summed E-state index contributed by atoms with van der Waals surface area (Å²) in [6.07, 6.45) is 1.16. The van der Waals surface area contributed by atoms with Crippen LogP contribution in [0.4, 0.5) is 5.69 Å². The zero-order chi connectivity index (χ0) is 15.2. The Morgan fingerprint density at radius 2 is 1.90 bits per heavy atom. The van der Waals surface area contributed by atoms with Crippen LogP contribution < -0.4 is 16.2 Å². The second kappa shape index (κ2) is 7.37. The first kappa shape index (κ1) is 16.6. The Kier molecular flexibility index (Phi) is 6.12. The number of nitrogens with two attached hydrogens (primary N) is 2. The van der Waals surface area contributed by atoms with Crippen LogP contribution in [0.25, 0.3) is 0 Å². The highest BCUT2D eigenvalue weighted by molar-refractivity contribution is 7.88. The zero-order valence-corrected chi connectivity index (χ0v) is 12.3. The van der Waals surface area contributed by atoms with Gasteiger partial charge in [-0.25, -0.2) is 13.6 Å². The number of sulfonamides is 1. The van der Waals surface area contributed by atoms with Crippen LogP contribution in [0.1, 0.15) is 25.3 Å². The van der Waals surface area contributed by atoms with E-state index in [9.17, 15) is 13.2 Å². The van der Waals surface area contributed by atoms with Gasteiger partial charge in [-0.05, 0) is 36.6 Å². The number of hydrogen-bond acceptors (Lipinski definition) is 4. The molecule has 0 saturated heterocycles. The Hall–Kier alpha value is -1.44. The van der Waals surface area contributed by atoms with Crippen molar-refractivity contribution in [3.63, 3.8) is 0 Å². The third-order valence-corrected chi connectivity index (χ3v) is 3.61. The van der Waals surface area contributed by atoms with Gasteiger partial charge in [0.15, 0.2) is 0 Å². The summed E-state index contributed by atoms with van der Waals surface area (Å²) in [5, 5.41) is 7.71. The first-order valence-corrected chi connectivity index (χ1v) is 8.11. The monoisotopic (exact) mass is 299 g/mol. The first-order valence-electron chi connectivity index (χ1n) is 6.39. The summed E-state index contributed by atoms with van der Waals surface area (Å²) < 4.78 is 21.9. The van der Waals surface area contributed by atoms with Gasteiger partial charge in [-0.2, -0.15) is 0 Å². The smallest absolute Gasteiger partial charge is 0.224 e. The van der Waals surface area contributed by atoms with Crippen LogP contribution in [0, 0.1) is 5.92 Å². The predicted octanol–water partition coefficient (Wildman–Crippen LogP) is 0.789. The first-order chi connectivity index (χ1) is 9.30. The molecule has 1 unspecified atom stereocenters. The summed E-state index contributed by atoms with van der Waals surface area (Å²) in [7, 11) is -3.53. The molecule has 1 aromatic carbocycles. The van der Waals surface area contributed by atoms with Gasteiger partial charge in [-0.3, -0.25) is 4.79 Å². The van der Waals surface area contributed by atoms with Gasteiger partial charge >= 0.3 is 0 Å². The van der Waals surface area contributed by atoms with Gasteiger partial charge in [0.2, 0.25) is 15.9 Å². The number of carbonyl (C=O) groups excluding carboxylic acids is 1. The van der Waals surface area contributed by atoms with Gasteiger partial charge < -0.3 is 11.1 Å². The minimum Gasteiger partial charge on any atom is -0.330 e. The lowest BCUT2D eigenvalue weighted by Gasteiger charge is -2.09. The molecule has 1 aromatic rings. The van der Waals surface area contributed by atoms with Crippen molar-refractivity contribution in [3.8, 4) is 0 Å². The Bertz CT molecular complexity index is 540. The highest BCUT2D eigenvalue weighted by atomic mass is 32.2. The lowest BCUT2D eigenvalue weighted by molar-refractivity contribution is -0.116. The van der Waals surface area contributed by atoms with Gasteiger partial charge in [-0.1, -0.05) is 19.1 Å². The van der Waals surface area contributed by atoms with Crippen LogP contribution in [0.15, 0.2) is 24.3 Å². The molecule has 5 N–H and O–H groups in total. The summed E-state index contributed by atoms with van der Waals surface area (Å²) in [5.41, 5.74) is 6.71. The highest BCUT2D eigenvalue weighted by Crippen LogP contribution is 2.12. The molecule has 0 radical (unpaired) electrons. The fourth-order valence-corrected chi connectivity index (χ4v) is 2.29. The van der Waals surface area contributed by atoms with E-state index in [1.54, 1.807) is 24.3 Å². The quantitative estimate of drug-likeness (QED) is 0.690. The molecule has 0 bridgehead atoms. The predicted molar refractivity (Wildman–Crippen MR) is 79.3 cm³/mol. The number of anilines is 1. The maximum atomic E-state index is 11.7. The van der Waals surface area contributed by atoms with Crippen molar-refractivity contribution in [1.82, 2.24) is 0 Å². The lowest BCUT2D eigenvalue weighted by Crippen LogP contribution is -2.16. The van der Waals surface area contributed by atoms with E-state index in [1.807, 2.05) is 6.92 Å². The summed E-state index contributed by atoms with van der Waals surface area (Å²) in [6.45, 7) is 2.56. The highest BCUT2D eigenvalue weighted by Gasteiger charge is 2.07. The van der Waals surface area contributed by atoms with E-state index >= 15 is 0 Å². The van der Waals surface area contributed by atoms with Gasteiger partial charge in [0.1, 0.15) is 0 Å². The van der Waals surface area contributed by atoms with Crippen molar-refractivity contribution in [2.45, 2.75) is 25.5 Å². The van der Waals surface area contributed by atoms with E-state index in [2.05, 4.69) is 5.32 Å². The van der Waals surface area contributed by atoms with Crippen LogP contribution in [0.2, 0.25) is 0 Å². The number of carbonyl (C=O) groups is 1. The Morgan fingerprint density at radius 3 is 2.40 bits per heavy atom. The molecule has 20 heavy (non-hydrogen) atoms. The molecule has 6 nitrogen and oxygen atoms in total. The topological polar surface area (TPSA) is 115 Å². The maximum Gasteiger partial charge on any atom is 0.224 e. The van der Waals surface area contributed by atoms with E-state index in [0.717, 1.165) is 6.42 Å². The van der Waals surface area contributed by atoms with Crippen LogP contribution in [-0.2, 0) is 20.6 Å². The molecule has 1 atom stereocenters. The third-order valence-electron chi connectivity index (χ3n) is 2.87. The number of hydrogen-bond donors (Lipinski definition) is 3. The molecule has 0 saturated carbocycles. The molecule has 0 aliphatic rings. The number of primary sulfonamides is 1. The van der Waals surface area contributed by atoms with E-state index < -0.39 is 10.0 Å². The fraction of sp³-hybridized carbons (Fsp3) is 0.462. The van der Waals surface area contributed by atoms with E-state index in [4.69, 9.17) is 10.9 Å². The second-order valence-corrected chi connectivity index (χ2v) is 6.55. The second-order valence-electron chi connectivity index (χ2n) is 4.93. The van der Waals surface area contributed by atoms with Crippen LogP contribution >= 0.6 is 0 Å². The Labute approximate surface area is 119 Å². The van der Waals surface area contributed by atoms with E-state index in [-0.39, 0.29) is 11.7 Å². The Balaban J connectivity index is 2.51. The molecular formula is C13H21N3O3S. The van der Waals surface area contributed by atoms with Crippen molar-refractivity contribution in [3.05, 3.63) is 29.8 Å². The lowest BCUT2D eigenvalue weighted by atomic mass is 10.1. The van der Waals surface area contributed by atoms with Crippen molar-refractivity contribution >= 4 is 21.6 Å². The summed E-state index contributed by atoms with van der Waals surface area (Å²) >= 11 is 0. The standard InChI is InChI=1S/C13H21N3O3S/c1-10(8-14)2-7-13(17)16-12-5-3-11(4-6-12)9-20(15,18)19/h3-6,10H,2,7-9,14H2,1H3,(H,16,17)(H2,15,18,19). The summed E-state index contributed by atoms with van der Waals surface area (Å²) in [4.78, 5) is 11.7. The normalized spacial score (nSPS) is 12.9. The largest absolute Gasteiger partial charge is 0.330 e. The number of nitrogens with one attached hydrogen (secondary N) is 1. The van der Waals surface area contributed by atoms with Gasteiger partial charge in [0.05, 0.1) is 5.75 Å². The van der Waals surface area contributed by atoms with Gasteiger partial charge in [0, 0.05) is 12.1 Å². The number of amides is 1. The molecule has 7 heteroatoms. The van der Waals surface area contributed by atoms with E-state index in [1.165, 1.54) is 0 Å². The molecule has 0 aromatic heterocycles. The van der Waals surface area contributed by atoms with Gasteiger partial charge in [-0.15, -0.1) is 0 Å². The van der Waals surface area contributed by atoms with Gasteiger partial charge in [0.25, 0.3) is 0 Å². The van der Waals surface area contributed by atoms with Crippen LogP contribution in [-0.4, -0.2) is 20.9 Å². The van der Waals surface area contributed by atoms with E-state index in [0.29, 0.717) is 30.1 Å². The van der Waals surface area contributed by atoms with Crippen LogP contribution in [0.5, 0.6) is 0 Å². The van der Waals surface area contributed by atoms with Crippen LogP contribution in [0.3, 0.4) is 0 Å². The van der Waals surface area contributed by atoms with Crippen molar-refractivity contribution in [2.24, 2.45) is 16.8 Å². The molecule has 0 heterocycles. The summed E-state index contributed by atoms with van der Waals surface area (Å²) in [5.74, 6) is 0.0253. The molecule has 0 spiro atoms. The number of benzene rings is 1. The number of rotatable bonds is 7. The maximum absolute atomic E-state index is 11.7. The zero-order valence-electron chi connectivity index (χ0n) is 11.5. The van der Waals surface area contributed by atoms with Crippen molar-refractivity contribution < 1.29 is 13.2 Å². The molecule has 0 aliphatic carbocycles. The molecule has 112 valence electrons. The molecular weight excluding hydrogens is 278 g/mol. The van der Waals surface area contributed by atoms with Crippen molar-refractivity contribution in [2.75, 3.05) is 11.9 Å².